The van der Waals surface area contributed by atoms with Gasteiger partial charge in [0, 0.05) is 6.07 Å². The van der Waals surface area contributed by atoms with Crippen molar-refractivity contribution in [3.63, 3.8) is 0 Å². The van der Waals surface area contributed by atoms with Gasteiger partial charge in [0.25, 0.3) is 0 Å². The number of carboxylic acids is 1. The van der Waals surface area contributed by atoms with Crippen LogP contribution in [0, 0.1) is 0 Å². The first-order valence-electron chi connectivity index (χ1n) is 4.70. The first-order chi connectivity index (χ1) is 8.06. The molecule has 0 aromatic heterocycles. The highest BCUT2D eigenvalue weighted by molar-refractivity contribution is 9.10. The Morgan fingerprint density at radius 1 is 1.65 bits per heavy atom. The summed E-state index contributed by atoms with van der Waals surface area (Å²) in [5, 5.41) is 8.99. The highest BCUT2D eigenvalue weighted by Gasteiger charge is 2.31. The van der Waals surface area contributed by atoms with Gasteiger partial charge in [-0.2, -0.15) is 0 Å². The predicted octanol–water partition coefficient (Wildman–Crippen LogP) is 1.27. The molecule has 0 saturated heterocycles. The second-order valence-corrected chi connectivity index (χ2v) is 4.21. The smallest absolute Gasteiger partial charge is 0.325 e. The van der Waals surface area contributed by atoms with Crippen LogP contribution in [0.15, 0.2) is 10.5 Å². The molecule has 3 N–H and O–H groups in total. The fourth-order valence-corrected chi connectivity index (χ4v) is 2.22. The van der Waals surface area contributed by atoms with Crippen LogP contribution in [0.1, 0.15) is 11.6 Å². The number of carbonyl (C=O) groups is 1. The summed E-state index contributed by atoms with van der Waals surface area (Å²) in [5.41, 5.74) is 5.89. The van der Waals surface area contributed by atoms with Crippen LogP contribution in [0.25, 0.3) is 0 Å². The minimum Gasteiger partial charge on any atom is -0.495 e. The molecule has 2 rings (SSSR count). The minimum atomic E-state index is -1.24. The Bertz CT molecular complexity index is 473. The van der Waals surface area contributed by atoms with Gasteiger partial charge in [-0.1, -0.05) is 0 Å². The summed E-state index contributed by atoms with van der Waals surface area (Å²) in [4.78, 5) is 11.0. The fraction of sp³-hybridized carbons (Fsp3) is 0.300. The van der Waals surface area contributed by atoms with Crippen molar-refractivity contribution in [3.05, 3.63) is 16.1 Å². The molecule has 1 unspecified atom stereocenters. The summed E-state index contributed by atoms with van der Waals surface area (Å²) in [6, 6.07) is 0.414. The highest BCUT2D eigenvalue weighted by Crippen LogP contribution is 2.47. The zero-order valence-corrected chi connectivity index (χ0v) is 10.5. The van der Waals surface area contributed by atoms with Crippen LogP contribution in [0.3, 0.4) is 0 Å². The van der Waals surface area contributed by atoms with E-state index in [0.717, 1.165) is 0 Å². The second kappa shape index (κ2) is 4.42. The van der Waals surface area contributed by atoms with Crippen molar-refractivity contribution in [2.45, 2.75) is 6.04 Å². The van der Waals surface area contributed by atoms with Gasteiger partial charge in [0.2, 0.25) is 6.79 Å². The van der Waals surface area contributed by atoms with E-state index in [0.29, 0.717) is 21.7 Å². The average Bonchev–Trinajstić information content (AvgIpc) is 2.73. The number of hydrogen-bond donors (Lipinski definition) is 2. The zero-order chi connectivity index (χ0) is 12.6. The summed E-state index contributed by atoms with van der Waals surface area (Å²) in [6.45, 7) is 0.0360. The number of rotatable bonds is 3. The Hall–Kier alpha value is -1.47. The van der Waals surface area contributed by atoms with Gasteiger partial charge in [-0.15, -0.1) is 0 Å². The Kier molecular flexibility index (Phi) is 3.12. The first-order valence-corrected chi connectivity index (χ1v) is 5.50. The molecule has 6 nitrogen and oxygen atoms in total. The number of methoxy groups -OCH3 is 1. The lowest BCUT2D eigenvalue weighted by molar-refractivity contribution is -0.138. The van der Waals surface area contributed by atoms with Crippen molar-refractivity contribution in [1.82, 2.24) is 0 Å². The average molecular weight is 304 g/mol. The molecule has 92 valence electrons. The fourth-order valence-electron chi connectivity index (χ4n) is 1.63. The van der Waals surface area contributed by atoms with Crippen molar-refractivity contribution in [3.8, 4) is 17.2 Å². The van der Waals surface area contributed by atoms with Gasteiger partial charge >= 0.3 is 5.97 Å². The summed E-state index contributed by atoms with van der Waals surface area (Å²) < 4.78 is 16.1. The van der Waals surface area contributed by atoms with Crippen LogP contribution in [0.2, 0.25) is 0 Å². The van der Waals surface area contributed by atoms with Crippen LogP contribution in [0.5, 0.6) is 17.2 Å². The van der Waals surface area contributed by atoms with Gasteiger partial charge in [-0.3, -0.25) is 4.79 Å². The van der Waals surface area contributed by atoms with E-state index in [4.69, 9.17) is 25.1 Å². The van der Waals surface area contributed by atoms with Crippen molar-refractivity contribution >= 4 is 21.9 Å². The Morgan fingerprint density at radius 3 is 2.94 bits per heavy atom. The minimum absolute atomic E-state index is 0.0360. The molecule has 1 aliphatic rings. The van der Waals surface area contributed by atoms with E-state index in [9.17, 15) is 4.79 Å². The largest absolute Gasteiger partial charge is 0.495 e. The number of fused-ring (bicyclic) bond motifs is 1. The van der Waals surface area contributed by atoms with Gasteiger partial charge < -0.3 is 25.1 Å². The molecule has 0 aliphatic carbocycles. The molecular weight excluding hydrogens is 294 g/mol. The second-order valence-electron chi connectivity index (χ2n) is 3.36. The third-order valence-electron chi connectivity index (χ3n) is 2.39. The predicted molar refractivity (Wildman–Crippen MR) is 61.4 cm³/mol. The highest BCUT2D eigenvalue weighted by atomic mass is 79.9. The molecule has 1 aliphatic heterocycles. The molecule has 0 amide bonds. The molecule has 0 fully saturated rings. The number of ether oxygens (including phenoxy) is 3. The Labute approximate surface area is 105 Å². The molecular formula is C10H10BrNO5. The molecule has 0 bridgehead atoms. The maximum absolute atomic E-state index is 11.0. The van der Waals surface area contributed by atoms with E-state index in [-0.39, 0.29) is 12.4 Å². The number of halogens is 1. The normalized spacial score (nSPS) is 14.5. The number of carboxylic acid groups (broad SMARTS) is 1. The molecule has 7 heteroatoms. The van der Waals surface area contributed by atoms with Crippen molar-refractivity contribution in [2.24, 2.45) is 5.73 Å². The lowest BCUT2D eigenvalue weighted by Gasteiger charge is -2.15. The lowest BCUT2D eigenvalue weighted by Crippen LogP contribution is -2.22. The Balaban J connectivity index is 2.65. The van der Waals surface area contributed by atoms with Crippen LogP contribution in [-0.4, -0.2) is 25.0 Å². The Morgan fingerprint density at radius 2 is 2.35 bits per heavy atom. The summed E-state index contributed by atoms with van der Waals surface area (Å²) in [6.07, 6.45) is 0. The van der Waals surface area contributed by atoms with E-state index in [1.165, 1.54) is 7.11 Å². The molecule has 1 atom stereocenters. The van der Waals surface area contributed by atoms with E-state index >= 15 is 0 Å². The van der Waals surface area contributed by atoms with Gasteiger partial charge in [0.05, 0.1) is 17.1 Å². The van der Waals surface area contributed by atoms with Gasteiger partial charge in [-0.05, 0) is 15.9 Å². The summed E-state index contributed by atoms with van der Waals surface area (Å²) >= 11 is 3.27. The first kappa shape index (κ1) is 12.0. The number of benzene rings is 1. The molecule has 0 radical (unpaired) electrons. The lowest BCUT2D eigenvalue weighted by atomic mass is 10.0. The van der Waals surface area contributed by atoms with E-state index in [2.05, 4.69) is 15.9 Å². The van der Waals surface area contributed by atoms with Crippen LogP contribution in [-0.2, 0) is 4.79 Å². The number of aliphatic carboxylic acids is 1. The van der Waals surface area contributed by atoms with E-state index in [1.54, 1.807) is 6.07 Å². The quantitative estimate of drug-likeness (QED) is 0.874. The van der Waals surface area contributed by atoms with Crippen molar-refractivity contribution < 1.29 is 24.1 Å². The van der Waals surface area contributed by atoms with Gasteiger partial charge in [-0.25, -0.2) is 0 Å². The van der Waals surface area contributed by atoms with Gasteiger partial charge in [0.1, 0.15) is 11.8 Å². The molecule has 17 heavy (non-hydrogen) atoms. The maximum Gasteiger partial charge on any atom is 0.325 e. The molecule has 1 heterocycles. The molecule has 0 spiro atoms. The van der Waals surface area contributed by atoms with E-state index in [1.807, 2.05) is 0 Å². The van der Waals surface area contributed by atoms with Gasteiger partial charge in [0.15, 0.2) is 11.5 Å². The number of hydrogen-bond acceptors (Lipinski definition) is 5. The molecule has 1 aromatic carbocycles. The van der Waals surface area contributed by atoms with Crippen LogP contribution in [0.4, 0.5) is 0 Å². The van der Waals surface area contributed by atoms with Crippen molar-refractivity contribution in [2.75, 3.05) is 13.9 Å². The maximum atomic E-state index is 11.0. The van der Waals surface area contributed by atoms with Crippen LogP contribution < -0.4 is 19.9 Å². The molecule has 1 aromatic rings. The number of nitrogens with two attached hydrogens (primary N) is 1. The SMILES string of the molecule is COc1c(Br)cc2c(c1C(N)C(=O)O)OCO2. The monoisotopic (exact) mass is 303 g/mol. The summed E-state index contributed by atoms with van der Waals surface area (Å²) in [5.74, 6) is -0.0624. The summed E-state index contributed by atoms with van der Waals surface area (Å²) in [7, 11) is 1.43. The molecule has 0 saturated carbocycles. The third kappa shape index (κ3) is 1.91. The topological polar surface area (TPSA) is 91.0 Å². The zero-order valence-electron chi connectivity index (χ0n) is 8.90. The van der Waals surface area contributed by atoms with Crippen LogP contribution >= 0.6 is 15.9 Å². The third-order valence-corrected chi connectivity index (χ3v) is 2.98. The van der Waals surface area contributed by atoms with E-state index < -0.39 is 12.0 Å². The van der Waals surface area contributed by atoms with Crippen molar-refractivity contribution in [1.29, 1.82) is 0 Å². The standard InChI is InChI=1S/C10H10BrNO5/c1-15-8-4(11)2-5-9(17-3-16-5)6(8)7(12)10(13)14/h2,7H,3,12H2,1H3,(H,13,14).